The third-order valence-electron chi connectivity index (χ3n) is 2.57. The van der Waals surface area contributed by atoms with E-state index in [1.54, 1.807) is 13.1 Å². The topological polar surface area (TPSA) is 27.0 Å². The third kappa shape index (κ3) is 3.11. The molecule has 2 nitrogen and oxygen atoms in total. The van der Waals surface area contributed by atoms with Crippen molar-refractivity contribution in [1.82, 2.24) is 0 Å². The highest BCUT2D eigenvalue weighted by Gasteiger charge is 2.16. The number of nitriles is 1. The number of thiophene rings is 1. The molecule has 1 heterocycles. The summed E-state index contributed by atoms with van der Waals surface area (Å²) in [5.41, 5.74) is 0.814. The number of hydrogen-bond acceptors (Lipinski definition) is 3. The molecule has 6 heteroatoms. The second-order valence-corrected chi connectivity index (χ2v) is 6.31. The Morgan fingerprint density at radius 3 is 2.42 bits per heavy atom. The summed E-state index contributed by atoms with van der Waals surface area (Å²) in [5.74, 6) is -1.46. The van der Waals surface area contributed by atoms with E-state index < -0.39 is 11.6 Å². The van der Waals surface area contributed by atoms with E-state index in [1.807, 2.05) is 11.4 Å². The fourth-order valence-corrected chi connectivity index (χ4v) is 2.98. The van der Waals surface area contributed by atoms with Gasteiger partial charge in [0.2, 0.25) is 0 Å². The number of hydrogen-bond donors (Lipinski definition) is 0. The summed E-state index contributed by atoms with van der Waals surface area (Å²) >= 11 is 4.86. The second kappa shape index (κ2) is 5.68. The maximum absolute atomic E-state index is 13.8. The molecule has 2 aromatic rings. The Bertz CT molecular complexity index is 625. The van der Waals surface area contributed by atoms with Crippen molar-refractivity contribution in [2.45, 2.75) is 6.54 Å². The second-order valence-electron chi connectivity index (χ2n) is 4.02. The summed E-state index contributed by atoms with van der Waals surface area (Å²) in [5, 5.41) is 10.6. The van der Waals surface area contributed by atoms with E-state index in [1.165, 1.54) is 16.2 Å². The largest absolute Gasteiger partial charge is 0.365 e. The van der Waals surface area contributed by atoms with Gasteiger partial charge in [0, 0.05) is 13.6 Å². The summed E-state index contributed by atoms with van der Waals surface area (Å²) < 4.78 is 28.6. The molecule has 0 aliphatic rings. The van der Waals surface area contributed by atoms with Gasteiger partial charge in [-0.3, -0.25) is 0 Å². The monoisotopic (exact) mass is 342 g/mol. The van der Waals surface area contributed by atoms with Crippen molar-refractivity contribution in [3.05, 3.63) is 50.1 Å². The Balaban J connectivity index is 2.29. The Kier molecular flexibility index (Phi) is 4.17. The van der Waals surface area contributed by atoms with Gasteiger partial charge in [0.15, 0.2) is 11.6 Å². The molecule has 0 saturated carbocycles. The first-order chi connectivity index (χ1) is 9.01. The maximum Gasteiger partial charge on any atom is 0.150 e. The molecule has 19 heavy (non-hydrogen) atoms. The zero-order valence-corrected chi connectivity index (χ0v) is 12.4. The third-order valence-corrected chi connectivity index (χ3v) is 4.12. The molecule has 0 saturated heterocycles. The van der Waals surface area contributed by atoms with E-state index in [9.17, 15) is 8.78 Å². The molecule has 0 radical (unpaired) electrons. The Labute approximate surface area is 122 Å². The van der Waals surface area contributed by atoms with Crippen LogP contribution in [-0.4, -0.2) is 7.05 Å². The predicted octanol–water partition coefficient (Wildman–Crippen LogP) is 4.30. The van der Waals surface area contributed by atoms with Crippen LogP contribution < -0.4 is 4.90 Å². The summed E-state index contributed by atoms with van der Waals surface area (Å²) in [6.07, 6.45) is 0. The highest BCUT2D eigenvalue weighted by molar-refractivity contribution is 9.11. The fraction of sp³-hybridized carbons (Fsp3) is 0.154. The molecule has 0 spiro atoms. The van der Waals surface area contributed by atoms with Gasteiger partial charge in [0.05, 0.1) is 15.4 Å². The average molecular weight is 343 g/mol. The zero-order valence-electron chi connectivity index (χ0n) is 9.95. The molecule has 0 amide bonds. The average Bonchev–Trinajstić information content (AvgIpc) is 2.73. The molecular weight excluding hydrogens is 334 g/mol. The lowest BCUT2D eigenvalue weighted by Crippen LogP contribution is -2.19. The molecule has 0 aliphatic heterocycles. The minimum Gasteiger partial charge on any atom is -0.365 e. The van der Waals surface area contributed by atoms with Crippen LogP contribution >= 0.6 is 27.3 Å². The molecule has 0 atom stereocenters. The van der Waals surface area contributed by atoms with Crippen LogP contribution in [-0.2, 0) is 6.54 Å². The van der Waals surface area contributed by atoms with Crippen molar-refractivity contribution in [2.75, 3.05) is 11.9 Å². The lowest BCUT2D eigenvalue weighted by atomic mass is 10.2. The van der Waals surface area contributed by atoms with Crippen LogP contribution in [0.25, 0.3) is 0 Å². The molecule has 1 aromatic heterocycles. The Morgan fingerprint density at radius 2 is 1.95 bits per heavy atom. The molecular formula is C13H9BrF2N2S. The predicted molar refractivity (Wildman–Crippen MR) is 75.2 cm³/mol. The smallest absolute Gasteiger partial charge is 0.150 e. The summed E-state index contributed by atoms with van der Waals surface area (Å²) in [7, 11) is 1.61. The molecule has 0 unspecified atom stereocenters. The van der Waals surface area contributed by atoms with Crippen molar-refractivity contribution >= 4 is 33.0 Å². The quantitative estimate of drug-likeness (QED) is 0.831. The minimum absolute atomic E-state index is 0.0228. The lowest BCUT2D eigenvalue weighted by molar-refractivity contribution is 0.576. The molecule has 0 aliphatic carbocycles. The SMILES string of the molecule is CN(Cc1csc(Br)c1)c1c(F)cc(C#N)cc1F. The van der Waals surface area contributed by atoms with Crippen molar-refractivity contribution in [1.29, 1.82) is 5.26 Å². The summed E-state index contributed by atoms with van der Waals surface area (Å²) in [6, 6.07) is 5.71. The molecule has 98 valence electrons. The first-order valence-corrected chi connectivity index (χ1v) is 7.01. The molecule has 0 N–H and O–H groups in total. The molecule has 1 aromatic carbocycles. The summed E-state index contributed by atoms with van der Waals surface area (Å²) in [4.78, 5) is 1.49. The van der Waals surface area contributed by atoms with Crippen LogP contribution in [0.15, 0.2) is 27.4 Å². The van der Waals surface area contributed by atoms with Gasteiger partial charge < -0.3 is 4.90 Å². The Hall–Kier alpha value is -1.45. The number of nitrogens with zero attached hydrogens (tertiary/aromatic N) is 2. The number of halogens is 3. The van der Waals surface area contributed by atoms with Gasteiger partial charge in [-0.2, -0.15) is 5.26 Å². The van der Waals surface area contributed by atoms with Crippen molar-refractivity contribution < 1.29 is 8.78 Å². The van der Waals surface area contributed by atoms with Gasteiger partial charge in [0.1, 0.15) is 5.69 Å². The van der Waals surface area contributed by atoms with Crippen LogP contribution in [0.5, 0.6) is 0 Å². The minimum atomic E-state index is -0.728. The lowest BCUT2D eigenvalue weighted by Gasteiger charge is -2.20. The van der Waals surface area contributed by atoms with E-state index in [4.69, 9.17) is 5.26 Å². The van der Waals surface area contributed by atoms with Gasteiger partial charge in [-0.1, -0.05) is 0 Å². The number of anilines is 1. The zero-order chi connectivity index (χ0) is 14.0. The molecule has 2 rings (SSSR count). The van der Waals surface area contributed by atoms with E-state index in [0.29, 0.717) is 6.54 Å². The van der Waals surface area contributed by atoms with Gasteiger partial charge in [-0.05, 0) is 45.1 Å². The normalized spacial score (nSPS) is 10.3. The number of rotatable bonds is 3. The maximum atomic E-state index is 13.8. The van der Waals surface area contributed by atoms with Gasteiger partial charge >= 0.3 is 0 Å². The first kappa shape index (κ1) is 14.0. The van der Waals surface area contributed by atoms with Crippen molar-refractivity contribution in [3.8, 4) is 6.07 Å². The standard InChI is InChI=1S/C13H9BrF2N2S/c1-18(6-9-4-12(14)19-7-9)13-10(15)2-8(5-17)3-11(13)16/h2-4,7H,6H2,1H3. The fourth-order valence-electron chi connectivity index (χ4n) is 1.78. The molecule has 0 bridgehead atoms. The van der Waals surface area contributed by atoms with E-state index in [2.05, 4.69) is 15.9 Å². The molecule has 0 fully saturated rings. The van der Waals surface area contributed by atoms with Gasteiger partial charge in [-0.15, -0.1) is 11.3 Å². The number of benzene rings is 1. The van der Waals surface area contributed by atoms with Crippen LogP contribution in [0.1, 0.15) is 11.1 Å². The highest BCUT2D eigenvalue weighted by Crippen LogP contribution is 2.27. The van der Waals surface area contributed by atoms with E-state index in [0.717, 1.165) is 21.5 Å². The first-order valence-electron chi connectivity index (χ1n) is 5.34. The Morgan fingerprint density at radius 1 is 1.32 bits per heavy atom. The van der Waals surface area contributed by atoms with E-state index >= 15 is 0 Å². The summed E-state index contributed by atoms with van der Waals surface area (Å²) in [6.45, 7) is 0.391. The van der Waals surface area contributed by atoms with Gasteiger partial charge in [-0.25, -0.2) is 8.78 Å². The van der Waals surface area contributed by atoms with Gasteiger partial charge in [0.25, 0.3) is 0 Å². The van der Waals surface area contributed by atoms with Crippen LogP contribution in [0, 0.1) is 23.0 Å². The van der Waals surface area contributed by atoms with Crippen LogP contribution in [0.4, 0.5) is 14.5 Å². The van der Waals surface area contributed by atoms with Crippen molar-refractivity contribution in [3.63, 3.8) is 0 Å². The van der Waals surface area contributed by atoms with Crippen LogP contribution in [0.3, 0.4) is 0 Å². The van der Waals surface area contributed by atoms with Crippen LogP contribution in [0.2, 0.25) is 0 Å². The van der Waals surface area contributed by atoms with E-state index in [-0.39, 0.29) is 11.3 Å². The highest BCUT2D eigenvalue weighted by atomic mass is 79.9. The van der Waals surface area contributed by atoms with Crippen molar-refractivity contribution in [2.24, 2.45) is 0 Å².